The van der Waals surface area contributed by atoms with E-state index in [2.05, 4.69) is 120 Å². The van der Waals surface area contributed by atoms with E-state index in [-0.39, 0.29) is 146 Å². The summed E-state index contributed by atoms with van der Waals surface area (Å²) in [5.41, 5.74) is 14.8. The second kappa shape index (κ2) is 32.9. The Morgan fingerprint density at radius 2 is 0.579 bits per heavy atom. The molecule has 0 aliphatic heterocycles. The van der Waals surface area contributed by atoms with Gasteiger partial charge in [-0.2, -0.15) is 0 Å². The molecule has 12 rings (SSSR count). The van der Waals surface area contributed by atoms with Crippen LogP contribution in [0.2, 0.25) is 0 Å². The quantitative estimate of drug-likeness (QED) is 0.176. The SMILES string of the molecule is COc1cc(C(C)(C)C)c(C)c2ccccc12.[2H]c1c(C)c([2H])c2c(C)c(C(C)(C)C)c([2H])c(C(C)(C)C)c2c1[2H].[2H]c1c(C)c([2H])c2c(C)c(C(C)(C)C)c([2H])c(C(C)C)c2c1[2H].[2H]c1c(C)c([2H])c2c(C)c(C(C)(C)C)c([2H])c(C)c2c1[2H].[2H]c1c(C)c([2H])c2c(C)c(C(C)(C)C)c([2H])c(OC)c2c1[2H].[2H]c1c(C)c([2H])c2c(C)c(C(C)(C)C)c([2H])c([2H])c2c1[2H]. The van der Waals surface area contributed by atoms with Gasteiger partial charge in [0.1, 0.15) is 11.5 Å². The van der Waals surface area contributed by atoms with Gasteiger partial charge >= 0.3 is 0 Å². The first-order chi connectivity index (χ1) is 58.1. The topological polar surface area (TPSA) is 18.5 Å². The highest BCUT2D eigenvalue weighted by Crippen LogP contribution is 2.43. The molecule has 570 valence electrons. The number of benzene rings is 12. The zero-order chi connectivity index (χ0) is 98.8. The van der Waals surface area contributed by atoms with Crippen molar-refractivity contribution in [2.75, 3.05) is 14.2 Å². The summed E-state index contributed by atoms with van der Waals surface area (Å²) in [5, 5.41) is 8.33. The number of methoxy groups -OCH3 is 2. The number of rotatable bonds is 3. The predicted molar refractivity (Wildman–Crippen MR) is 479 cm³/mol. The van der Waals surface area contributed by atoms with Gasteiger partial charge in [0.05, 0.1) is 43.0 Å². The van der Waals surface area contributed by atoms with Gasteiger partial charge in [0, 0.05) is 10.8 Å². The monoisotopic (exact) mass is 1450 g/mol. The Labute approximate surface area is 680 Å². The standard InChI is InChI=1S/C20H28.C19H26.C17H22O.C17H22.C16H20O.C16H20/c1-13-9-10-15-16(11-13)14(2)17(19(3,4)5)12-18(15)20(6,7)8;1-12(2)16-11-18(19(5,6)7)14(4)17-10-13(3)8-9-15(16)17;1-11-7-8-13-14(9-11)12(2)15(17(3,4)5)10-16(13)18-6;1-11-7-8-14-12(2)10-16(17(4,5)6)13(3)15(14)9-11;1-11-12-8-6-7-9-13(12)15(17-5)10-14(11)16(2,3)4;1-11-6-7-13-8-9-15(16(3,4)5)12(2)14(13)10-11/h9-12H,1-8H3;8-12H,1-7H3;7-10H,1-6H3;7-10H,1-6H3;6-10H,1-5H3;6-10H,1-5H3/i9D,10D,11D,12D;8D,9D,10D,11D;2*7D,8D,9D,10D;;6D,7D,8D,9D,10D. The van der Waals surface area contributed by atoms with E-state index in [9.17, 15) is 0 Å². The molecule has 0 aromatic heterocycles. The molecule has 0 aliphatic rings. The summed E-state index contributed by atoms with van der Waals surface area (Å²) in [6.07, 6.45) is 0. The average Bonchev–Trinajstić information content (AvgIpc) is 0.733. The Morgan fingerprint density at radius 1 is 0.262 bits per heavy atom. The smallest absolute Gasteiger partial charge is 0.126 e. The molecule has 0 amide bonds. The minimum absolute atomic E-state index is 0.0247. The number of ether oxygens (including phenoxy) is 2. The minimum atomic E-state index is -0.340. The Bertz CT molecular complexity index is 6340. The fourth-order valence-electron chi connectivity index (χ4n) is 14.2. The zero-order valence-electron chi connectivity index (χ0n) is 93.3. The summed E-state index contributed by atoms with van der Waals surface area (Å²) in [7, 11) is 3.21. The van der Waals surface area contributed by atoms with Crippen molar-refractivity contribution in [1.82, 2.24) is 0 Å². The molecule has 0 atom stereocenters. The minimum Gasteiger partial charge on any atom is -0.496 e. The van der Waals surface area contributed by atoms with Gasteiger partial charge in [0.2, 0.25) is 0 Å². The van der Waals surface area contributed by atoms with Gasteiger partial charge in [-0.1, -0.05) is 332 Å². The molecule has 0 spiro atoms. The fourth-order valence-corrected chi connectivity index (χ4v) is 14.2. The van der Waals surface area contributed by atoms with Gasteiger partial charge < -0.3 is 9.47 Å². The molecule has 0 bridgehead atoms. The first-order valence-electron chi connectivity index (χ1n) is 48.3. The van der Waals surface area contributed by atoms with E-state index in [4.69, 9.17) is 38.3 Å². The van der Waals surface area contributed by atoms with Crippen molar-refractivity contribution in [2.24, 2.45) is 0 Å². The largest absolute Gasteiger partial charge is 0.496 e. The summed E-state index contributed by atoms with van der Waals surface area (Å²) in [4.78, 5) is 0. The third kappa shape index (κ3) is 20.2. The second-order valence-electron chi connectivity index (χ2n) is 36.6. The third-order valence-corrected chi connectivity index (χ3v) is 19.5. The molecule has 0 fully saturated rings. The van der Waals surface area contributed by atoms with Gasteiger partial charge in [-0.05, 0) is 276 Å². The Balaban J connectivity index is 0.000000211. The molecular formula is C105H138O2. The van der Waals surface area contributed by atoms with E-state index in [1.165, 1.54) is 29.0 Å². The lowest BCUT2D eigenvalue weighted by molar-refractivity contribution is 0.417. The van der Waals surface area contributed by atoms with E-state index < -0.39 is 0 Å². The van der Waals surface area contributed by atoms with Crippen LogP contribution in [0.25, 0.3) is 64.6 Å². The van der Waals surface area contributed by atoms with Crippen molar-refractivity contribution in [2.45, 2.75) is 286 Å². The van der Waals surface area contributed by atoms with Crippen LogP contribution in [0, 0.1) is 83.1 Å². The lowest BCUT2D eigenvalue weighted by Gasteiger charge is -2.29. The molecule has 12 aromatic carbocycles. The highest BCUT2D eigenvalue weighted by molar-refractivity contribution is 5.96. The predicted octanol–water partition coefficient (Wildman–Crippen LogP) is 31.0. The Morgan fingerprint density at radius 3 is 1.01 bits per heavy atom. The van der Waals surface area contributed by atoms with Crippen molar-refractivity contribution < 1.29 is 38.3 Å². The average molecular weight is 1450 g/mol. The molecule has 0 saturated heterocycles. The Kier molecular flexibility index (Phi) is 18.4. The van der Waals surface area contributed by atoms with Crippen molar-refractivity contribution in [1.29, 1.82) is 0 Å². The number of hydrogen-bond acceptors (Lipinski definition) is 2. The molecule has 2 heteroatoms. The van der Waals surface area contributed by atoms with Crippen molar-refractivity contribution in [3.8, 4) is 11.5 Å². The zero-order valence-corrected chi connectivity index (χ0v) is 72.3. The van der Waals surface area contributed by atoms with E-state index in [0.717, 1.165) is 88.7 Å². The highest BCUT2D eigenvalue weighted by atomic mass is 16.5. The van der Waals surface area contributed by atoms with Crippen LogP contribution in [0.4, 0.5) is 0 Å². The summed E-state index contributed by atoms with van der Waals surface area (Å²) in [6, 6.07) is 14.4. The van der Waals surface area contributed by atoms with Crippen LogP contribution in [0.15, 0.2) is 157 Å². The summed E-state index contributed by atoms with van der Waals surface area (Å²) >= 11 is 0. The maximum Gasteiger partial charge on any atom is 0.126 e. The van der Waals surface area contributed by atoms with Crippen LogP contribution in [0.1, 0.15) is 305 Å². The van der Waals surface area contributed by atoms with Crippen LogP contribution in [0.5, 0.6) is 11.5 Å². The van der Waals surface area contributed by atoms with Gasteiger partial charge in [-0.3, -0.25) is 0 Å². The molecule has 0 saturated carbocycles. The van der Waals surface area contributed by atoms with Gasteiger partial charge in [-0.15, -0.1) is 0 Å². The van der Waals surface area contributed by atoms with E-state index in [1.54, 1.807) is 41.7 Å². The van der Waals surface area contributed by atoms with Gasteiger partial charge in [-0.25, -0.2) is 0 Å². The molecular weight excluding hydrogens is 1290 g/mol. The van der Waals surface area contributed by atoms with Gasteiger partial charge in [0.15, 0.2) is 0 Å². The fraction of sp³-hybridized carbons (Fsp3) is 0.429. The van der Waals surface area contributed by atoms with Crippen LogP contribution in [0.3, 0.4) is 0 Å². The van der Waals surface area contributed by atoms with Crippen molar-refractivity contribution in [3.05, 3.63) is 268 Å². The Hall–Kier alpha value is -8.20. The number of fused-ring (bicyclic) bond motifs is 6. The van der Waals surface area contributed by atoms with Crippen molar-refractivity contribution in [3.63, 3.8) is 0 Å². The highest BCUT2D eigenvalue weighted by Gasteiger charge is 2.27. The molecule has 0 unspecified atom stereocenters. The summed E-state index contributed by atoms with van der Waals surface area (Å²) in [6.45, 7) is 69.7. The van der Waals surface area contributed by atoms with E-state index in [0.29, 0.717) is 102 Å². The molecule has 0 radical (unpaired) electrons. The van der Waals surface area contributed by atoms with Crippen LogP contribution in [-0.2, 0) is 37.9 Å². The van der Waals surface area contributed by atoms with Crippen LogP contribution in [-0.4, -0.2) is 14.2 Å². The summed E-state index contributed by atoms with van der Waals surface area (Å²) < 4.78 is 186. The molecule has 0 N–H and O–H groups in total. The molecule has 0 heterocycles. The summed E-state index contributed by atoms with van der Waals surface area (Å²) in [5.74, 6) is 1.32. The van der Waals surface area contributed by atoms with Crippen LogP contribution < -0.4 is 9.47 Å². The lowest BCUT2D eigenvalue weighted by Crippen LogP contribution is -2.18. The molecule has 107 heavy (non-hydrogen) atoms. The molecule has 0 aliphatic carbocycles. The number of hydrogen-bond donors (Lipinski definition) is 0. The van der Waals surface area contributed by atoms with E-state index in [1.807, 2.05) is 118 Å². The molecule has 12 aromatic rings. The first-order valence-corrected chi connectivity index (χ1v) is 37.8. The maximum absolute atomic E-state index is 8.87. The van der Waals surface area contributed by atoms with E-state index >= 15 is 0 Å². The lowest BCUT2D eigenvalue weighted by atomic mass is 9.75. The maximum atomic E-state index is 8.87. The first kappa shape index (κ1) is 59.7. The third-order valence-electron chi connectivity index (χ3n) is 19.5. The normalized spacial score (nSPS) is 15.0. The second-order valence-corrected chi connectivity index (χ2v) is 36.6. The number of aryl methyl sites for hydroxylation is 7. The van der Waals surface area contributed by atoms with Crippen LogP contribution >= 0.6 is 0 Å². The molecule has 2 nitrogen and oxygen atoms in total. The van der Waals surface area contributed by atoms with Gasteiger partial charge in [0.25, 0.3) is 0 Å². The van der Waals surface area contributed by atoms with Crippen molar-refractivity contribution >= 4 is 64.6 Å².